The summed E-state index contributed by atoms with van der Waals surface area (Å²) >= 11 is 0. The average molecular weight is 300 g/mol. The van der Waals surface area contributed by atoms with E-state index in [-0.39, 0.29) is 13.4 Å². The van der Waals surface area contributed by atoms with Crippen molar-refractivity contribution in [3.63, 3.8) is 0 Å². The zero-order valence-electron chi connectivity index (χ0n) is 12.4. The highest BCUT2D eigenvalue weighted by Crippen LogP contribution is 2.35. The number of hydrogen-bond donors (Lipinski definition) is 0. The number of aryl methyl sites for hydroxylation is 2. The summed E-state index contributed by atoms with van der Waals surface area (Å²) in [5.41, 5.74) is 2.17. The summed E-state index contributed by atoms with van der Waals surface area (Å²) in [6.45, 7) is 3.98. The highest BCUT2D eigenvalue weighted by Gasteiger charge is 2.15. The third-order valence-electron chi connectivity index (χ3n) is 3.13. The van der Waals surface area contributed by atoms with E-state index in [1.54, 1.807) is 18.2 Å². The lowest BCUT2D eigenvalue weighted by Crippen LogP contribution is -2.17. The minimum atomic E-state index is -0.474. The highest BCUT2D eigenvalue weighted by molar-refractivity contribution is 5.74. The third kappa shape index (κ3) is 3.31. The van der Waals surface area contributed by atoms with Crippen LogP contribution in [0.3, 0.4) is 0 Å². The van der Waals surface area contributed by atoms with Gasteiger partial charge in [0.05, 0.1) is 0 Å². The van der Waals surface area contributed by atoms with Gasteiger partial charge in [0.2, 0.25) is 6.79 Å². The van der Waals surface area contributed by atoms with E-state index in [4.69, 9.17) is 18.9 Å². The van der Waals surface area contributed by atoms with Crippen LogP contribution in [-0.4, -0.2) is 19.4 Å². The van der Waals surface area contributed by atoms with Gasteiger partial charge < -0.3 is 18.9 Å². The number of carbonyl (C=O) groups excluding carboxylic acids is 1. The Morgan fingerprint density at radius 3 is 2.50 bits per heavy atom. The summed E-state index contributed by atoms with van der Waals surface area (Å²) in [6.07, 6.45) is 0. The van der Waals surface area contributed by atoms with E-state index in [1.807, 2.05) is 32.0 Å². The standard InChI is InChI=1S/C17H16O5/c1-11-5-12(2)7-14(6-11)19-9-17(18)22-13-3-4-15-16(8-13)21-10-20-15/h3-8H,9-10H2,1-2H3. The van der Waals surface area contributed by atoms with Gasteiger partial charge in [0, 0.05) is 6.07 Å². The molecule has 0 radical (unpaired) electrons. The van der Waals surface area contributed by atoms with Crippen LogP contribution in [0.15, 0.2) is 36.4 Å². The van der Waals surface area contributed by atoms with E-state index in [0.717, 1.165) is 11.1 Å². The first kappa shape index (κ1) is 14.3. The zero-order valence-corrected chi connectivity index (χ0v) is 12.4. The molecule has 0 saturated heterocycles. The van der Waals surface area contributed by atoms with E-state index < -0.39 is 5.97 Å². The molecular weight excluding hydrogens is 284 g/mol. The van der Waals surface area contributed by atoms with Crippen molar-refractivity contribution in [3.8, 4) is 23.0 Å². The molecule has 5 heteroatoms. The summed E-state index contributed by atoms with van der Waals surface area (Å²) in [4.78, 5) is 11.8. The Morgan fingerprint density at radius 1 is 1.00 bits per heavy atom. The molecule has 0 unspecified atom stereocenters. The fourth-order valence-corrected chi connectivity index (χ4v) is 2.26. The van der Waals surface area contributed by atoms with Crippen LogP contribution in [0.1, 0.15) is 11.1 Å². The number of hydrogen-bond acceptors (Lipinski definition) is 5. The third-order valence-corrected chi connectivity index (χ3v) is 3.13. The summed E-state index contributed by atoms with van der Waals surface area (Å²) < 4.78 is 21.1. The lowest BCUT2D eigenvalue weighted by molar-refractivity contribution is -0.136. The van der Waals surface area contributed by atoms with Crippen molar-refractivity contribution >= 4 is 5.97 Å². The van der Waals surface area contributed by atoms with E-state index in [2.05, 4.69) is 0 Å². The highest BCUT2D eigenvalue weighted by atomic mass is 16.7. The molecule has 0 atom stereocenters. The van der Waals surface area contributed by atoms with Crippen molar-refractivity contribution in [3.05, 3.63) is 47.5 Å². The molecule has 3 rings (SSSR count). The van der Waals surface area contributed by atoms with Crippen LogP contribution in [0.5, 0.6) is 23.0 Å². The van der Waals surface area contributed by atoms with Crippen molar-refractivity contribution in [1.29, 1.82) is 0 Å². The topological polar surface area (TPSA) is 54.0 Å². The summed E-state index contributed by atoms with van der Waals surface area (Å²) in [6, 6.07) is 10.8. The van der Waals surface area contributed by atoms with E-state index in [1.165, 1.54) is 0 Å². The largest absolute Gasteiger partial charge is 0.482 e. The van der Waals surface area contributed by atoms with Crippen molar-refractivity contribution in [1.82, 2.24) is 0 Å². The summed E-state index contributed by atoms with van der Waals surface area (Å²) in [5.74, 6) is 1.79. The van der Waals surface area contributed by atoms with Gasteiger partial charge in [-0.3, -0.25) is 0 Å². The van der Waals surface area contributed by atoms with Crippen LogP contribution in [0, 0.1) is 13.8 Å². The Morgan fingerprint density at radius 2 is 1.73 bits per heavy atom. The minimum absolute atomic E-state index is 0.155. The maximum absolute atomic E-state index is 11.8. The molecule has 0 spiro atoms. The first-order valence-corrected chi connectivity index (χ1v) is 6.91. The van der Waals surface area contributed by atoms with Gasteiger partial charge in [-0.25, -0.2) is 4.79 Å². The molecule has 1 aliphatic heterocycles. The summed E-state index contributed by atoms with van der Waals surface area (Å²) in [5, 5.41) is 0. The lowest BCUT2D eigenvalue weighted by Gasteiger charge is -2.08. The molecule has 1 heterocycles. The molecule has 0 aliphatic carbocycles. The second-order valence-electron chi connectivity index (χ2n) is 5.10. The Labute approximate surface area is 128 Å². The van der Waals surface area contributed by atoms with Crippen LogP contribution in [0.25, 0.3) is 0 Å². The maximum Gasteiger partial charge on any atom is 0.349 e. The molecule has 0 saturated carbocycles. The number of carbonyl (C=O) groups is 1. The van der Waals surface area contributed by atoms with E-state index >= 15 is 0 Å². The van der Waals surface area contributed by atoms with E-state index in [9.17, 15) is 4.79 Å². The van der Waals surface area contributed by atoms with Gasteiger partial charge in [0.25, 0.3) is 0 Å². The van der Waals surface area contributed by atoms with Crippen LogP contribution >= 0.6 is 0 Å². The Balaban J connectivity index is 1.58. The quantitative estimate of drug-likeness (QED) is 0.642. The lowest BCUT2D eigenvalue weighted by atomic mass is 10.1. The van der Waals surface area contributed by atoms with Gasteiger partial charge in [0.15, 0.2) is 18.1 Å². The van der Waals surface area contributed by atoms with Gasteiger partial charge in [-0.1, -0.05) is 6.07 Å². The van der Waals surface area contributed by atoms with Crippen LogP contribution < -0.4 is 18.9 Å². The molecule has 0 fully saturated rings. The molecule has 2 aromatic rings. The molecule has 2 aromatic carbocycles. The van der Waals surface area contributed by atoms with Crippen LogP contribution in [0.4, 0.5) is 0 Å². The zero-order chi connectivity index (χ0) is 15.5. The fraction of sp³-hybridized carbons (Fsp3) is 0.235. The molecule has 1 aliphatic rings. The van der Waals surface area contributed by atoms with Crippen molar-refractivity contribution in [2.75, 3.05) is 13.4 Å². The Hall–Kier alpha value is -2.69. The van der Waals surface area contributed by atoms with Crippen LogP contribution in [-0.2, 0) is 4.79 Å². The summed E-state index contributed by atoms with van der Waals surface area (Å²) in [7, 11) is 0. The second kappa shape index (κ2) is 5.97. The number of esters is 1. The molecule has 0 bridgehead atoms. The predicted molar refractivity (Wildman–Crippen MR) is 79.6 cm³/mol. The number of rotatable bonds is 4. The maximum atomic E-state index is 11.8. The van der Waals surface area contributed by atoms with E-state index in [0.29, 0.717) is 23.0 Å². The predicted octanol–water partition coefficient (Wildman–Crippen LogP) is 3.02. The minimum Gasteiger partial charge on any atom is -0.482 e. The molecule has 0 amide bonds. The number of fused-ring (bicyclic) bond motifs is 1. The van der Waals surface area contributed by atoms with Gasteiger partial charge in [-0.05, 0) is 49.2 Å². The number of ether oxygens (including phenoxy) is 4. The fourth-order valence-electron chi connectivity index (χ4n) is 2.26. The van der Waals surface area contributed by atoms with Gasteiger partial charge in [-0.15, -0.1) is 0 Å². The van der Waals surface area contributed by atoms with Crippen molar-refractivity contribution < 1.29 is 23.7 Å². The second-order valence-corrected chi connectivity index (χ2v) is 5.10. The van der Waals surface area contributed by atoms with Crippen molar-refractivity contribution in [2.24, 2.45) is 0 Å². The first-order valence-electron chi connectivity index (χ1n) is 6.91. The normalized spacial score (nSPS) is 12.1. The van der Waals surface area contributed by atoms with Crippen LogP contribution in [0.2, 0.25) is 0 Å². The Bertz CT molecular complexity index is 688. The molecule has 0 aromatic heterocycles. The van der Waals surface area contributed by atoms with Gasteiger partial charge in [0.1, 0.15) is 11.5 Å². The van der Waals surface area contributed by atoms with Crippen molar-refractivity contribution in [2.45, 2.75) is 13.8 Å². The Kier molecular flexibility index (Phi) is 3.87. The smallest absolute Gasteiger partial charge is 0.349 e. The monoisotopic (exact) mass is 300 g/mol. The SMILES string of the molecule is Cc1cc(C)cc(OCC(=O)Oc2ccc3c(c2)OCO3)c1. The van der Waals surface area contributed by atoms with Gasteiger partial charge in [-0.2, -0.15) is 0 Å². The first-order chi connectivity index (χ1) is 10.6. The average Bonchev–Trinajstić information content (AvgIpc) is 2.92. The molecular formula is C17H16O5. The molecule has 0 N–H and O–H groups in total. The molecule has 22 heavy (non-hydrogen) atoms. The van der Waals surface area contributed by atoms with Gasteiger partial charge >= 0.3 is 5.97 Å². The molecule has 114 valence electrons. The number of benzene rings is 2. The molecule has 5 nitrogen and oxygen atoms in total.